The maximum atomic E-state index is 11.1. The van der Waals surface area contributed by atoms with Crippen molar-refractivity contribution in [1.29, 1.82) is 0 Å². The zero-order valence-corrected chi connectivity index (χ0v) is 14.1. The highest BCUT2D eigenvalue weighted by Crippen LogP contribution is 2.32. The Hall–Kier alpha value is -3.23. The van der Waals surface area contributed by atoms with E-state index in [0.717, 1.165) is 5.56 Å². The smallest absolute Gasteiger partial charge is 0.248 e. The normalized spacial score (nSPS) is 10.2. The fourth-order valence-corrected chi connectivity index (χ4v) is 2.51. The molecule has 0 saturated heterocycles. The first kappa shape index (κ1) is 16.6. The molecule has 3 aromatic rings. The van der Waals surface area contributed by atoms with Crippen LogP contribution >= 0.6 is 11.6 Å². The summed E-state index contributed by atoms with van der Waals surface area (Å²) in [5, 5.41) is 15.0. The molecule has 25 heavy (non-hydrogen) atoms. The summed E-state index contributed by atoms with van der Waals surface area (Å²) in [4.78, 5) is 11.1. The van der Waals surface area contributed by atoms with Crippen LogP contribution in [0.3, 0.4) is 0 Å². The predicted octanol–water partition coefficient (Wildman–Crippen LogP) is 2.94. The molecule has 1 aromatic heterocycles. The molecular weight excluding hydrogens is 338 g/mol. The van der Waals surface area contributed by atoms with E-state index in [-0.39, 0.29) is 5.75 Å². The summed E-state index contributed by atoms with van der Waals surface area (Å²) in [6.45, 7) is 0. The zero-order valence-electron chi connectivity index (χ0n) is 13.3. The van der Waals surface area contributed by atoms with Gasteiger partial charge in [-0.1, -0.05) is 23.4 Å². The number of aromatic hydroxyl groups is 1. The first-order chi connectivity index (χ1) is 11.9. The van der Waals surface area contributed by atoms with E-state index < -0.39 is 5.91 Å². The number of phenolic OH excluding ortho intramolecular Hbond substituents is 1. The molecule has 124 valence electrons. The number of primary amides is 1. The third-order valence-corrected chi connectivity index (χ3v) is 3.79. The summed E-state index contributed by atoms with van der Waals surface area (Å²) >= 11 is 6.02. The highest BCUT2D eigenvalue weighted by Gasteiger charge is 2.13. The van der Waals surface area contributed by atoms with E-state index in [1.165, 1.54) is 6.07 Å². The Bertz CT molecular complexity index is 1010. The van der Waals surface area contributed by atoms with Gasteiger partial charge in [-0.3, -0.25) is 9.48 Å². The Morgan fingerprint density at radius 2 is 1.92 bits per heavy atom. The summed E-state index contributed by atoms with van der Waals surface area (Å²) in [6.07, 6.45) is 1.76. The molecule has 0 unspecified atom stereocenters. The van der Waals surface area contributed by atoms with E-state index >= 15 is 0 Å². The molecule has 0 aliphatic rings. The molecular formula is C19H14ClN3O2. The summed E-state index contributed by atoms with van der Waals surface area (Å²) < 4.78 is 1.62. The number of carbonyl (C=O) groups is 1. The largest absolute Gasteiger partial charge is 0.507 e. The fourth-order valence-electron chi connectivity index (χ4n) is 2.33. The Balaban J connectivity index is 2.00. The quantitative estimate of drug-likeness (QED) is 0.696. The monoisotopic (exact) mass is 351 g/mol. The maximum absolute atomic E-state index is 11.1. The summed E-state index contributed by atoms with van der Waals surface area (Å²) in [7, 11) is 1.78. The number of rotatable bonds is 2. The van der Waals surface area contributed by atoms with Crippen molar-refractivity contribution >= 4 is 17.5 Å². The van der Waals surface area contributed by atoms with Crippen molar-refractivity contribution in [2.75, 3.05) is 0 Å². The standard InChI is InChI=1S/C19H14ClN3O2/c1-23-11-14(7-4-12-2-5-13(6-3-12)19(21)25)18(22-23)16-10-15(20)8-9-17(16)24/h2-3,5-6,8-11,24H,1H3,(H2,21,25). The number of aryl methyl sites for hydroxylation is 1. The van der Waals surface area contributed by atoms with Gasteiger partial charge in [0.2, 0.25) is 5.91 Å². The molecule has 0 spiro atoms. The average Bonchev–Trinajstić information content (AvgIpc) is 2.96. The van der Waals surface area contributed by atoms with Crippen LogP contribution in [0.4, 0.5) is 0 Å². The van der Waals surface area contributed by atoms with Crippen molar-refractivity contribution in [3.63, 3.8) is 0 Å². The van der Waals surface area contributed by atoms with Crippen LogP contribution in [-0.2, 0) is 7.05 Å². The van der Waals surface area contributed by atoms with Gasteiger partial charge in [-0.25, -0.2) is 0 Å². The lowest BCUT2D eigenvalue weighted by molar-refractivity contribution is 0.100. The number of nitrogens with two attached hydrogens (primary N) is 1. The van der Waals surface area contributed by atoms with Gasteiger partial charge in [0.1, 0.15) is 11.4 Å². The van der Waals surface area contributed by atoms with Crippen molar-refractivity contribution in [2.24, 2.45) is 12.8 Å². The molecule has 5 nitrogen and oxygen atoms in total. The Labute approximate surface area is 149 Å². The molecule has 0 saturated carbocycles. The fraction of sp³-hybridized carbons (Fsp3) is 0.0526. The van der Waals surface area contributed by atoms with Crippen molar-refractivity contribution in [1.82, 2.24) is 9.78 Å². The number of nitrogens with zero attached hydrogens (tertiary/aromatic N) is 2. The minimum absolute atomic E-state index is 0.0805. The van der Waals surface area contributed by atoms with E-state index in [0.29, 0.717) is 27.4 Å². The minimum Gasteiger partial charge on any atom is -0.507 e. The summed E-state index contributed by atoms with van der Waals surface area (Å²) in [5.41, 5.74) is 8.09. The van der Waals surface area contributed by atoms with Gasteiger partial charge in [0.25, 0.3) is 0 Å². The van der Waals surface area contributed by atoms with Gasteiger partial charge in [0.05, 0.1) is 5.56 Å². The molecule has 3 N–H and O–H groups in total. The minimum atomic E-state index is -0.481. The van der Waals surface area contributed by atoms with Crippen LogP contribution < -0.4 is 5.73 Å². The second-order valence-electron chi connectivity index (χ2n) is 5.42. The number of benzene rings is 2. The van der Waals surface area contributed by atoms with Crippen LogP contribution in [0.15, 0.2) is 48.7 Å². The van der Waals surface area contributed by atoms with E-state index in [1.807, 2.05) is 0 Å². The molecule has 3 rings (SSSR count). The highest BCUT2D eigenvalue weighted by atomic mass is 35.5. The lowest BCUT2D eigenvalue weighted by Crippen LogP contribution is -2.10. The van der Waals surface area contributed by atoms with Gasteiger partial charge in [0.15, 0.2) is 0 Å². The van der Waals surface area contributed by atoms with Crippen LogP contribution in [0.25, 0.3) is 11.3 Å². The van der Waals surface area contributed by atoms with E-state index in [2.05, 4.69) is 16.9 Å². The maximum Gasteiger partial charge on any atom is 0.248 e. The van der Waals surface area contributed by atoms with Crippen LogP contribution in [0.2, 0.25) is 5.02 Å². The van der Waals surface area contributed by atoms with Gasteiger partial charge < -0.3 is 10.8 Å². The topological polar surface area (TPSA) is 81.1 Å². The van der Waals surface area contributed by atoms with Crippen LogP contribution in [0.1, 0.15) is 21.5 Å². The molecule has 0 aliphatic heterocycles. The second-order valence-corrected chi connectivity index (χ2v) is 5.85. The van der Waals surface area contributed by atoms with Gasteiger partial charge in [-0.15, -0.1) is 0 Å². The number of amides is 1. The number of aromatic nitrogens is 2. The third-order valence-electron chi connectivity index (χ3n) is 3.55. The van der Waals surface area contributed by atoms with Gasteiger partial charge in [-0.05, 0) is 42.5 Å². The Kier molecular flexibility index (Phi) is 4.46. The molecule has 1 heterocycles. The SMILES string of the molecule is Cn1cc(C#Cc2ccc(C(N)=O)cc2)c(-c2cc(Cl)ccc2O)n1. The van der Waals surface area contributed by atoms with Crippen LogP contribution in [0.5, 0.6) is 5.75 Å². The highest BCUT2D eigenvalue weighted by molar-refractivity contribution is 6.31. The molecule has 0 atom stereocenters. The average molecular weight is 352 g/mol. The Morgan fingerprint density at radius 3 is 2.60 bits per heavy atom. The molecule has 1 amide bonds. The van der Waals surface area contributed by atoms with Crippen LogP contribution in [-0.4, -0.2) is 20.8 Å². The molecule has 0 aliphatic carbocycles. The first-order valence-electron chi connectivity index (χ1n) is 7.38. The lowest BCUT2D eigenvalue weighted by Gasteiger charge is -2.02. The predicted molar refractivity (Wildman–Crippen MR) is 96.3 cm³/mol. The number of phenols is 1. The number of halogens is 1. The second kappa shape index (κ2) is 6.71. The Morgan fingerprint density at radius 1 is 1.20 bits per heavy atom. The van der Waals surface area contributed by atoms with Crippen molar-refractivity contribution < 1.29 is 9.90 Å². The molecule has 0 bridgehead atoms. The zero-order chi connectivity index (χ0) is 18.0. The van der Waals surface area contributed by atoms with Gasteiger partial charge >= 0.3 is 0 Å². The number of hydrogen-bond acceptors (Lipinski definition) is 3. The number of hydrogen-bond donors (Lipinski definition) is 2. The molecule has 2 aromatic carbocycles. The summed E-state index contributed by atoms with van der Waals surface area (Å²) in [6, 6.07) is 11.5. The first-order valence-corrected chi connectivity index (χ1v) is 7.76. The number of carbonyl (C=O) groups excluding carboxylic acids is 1. The van der Waals surface area contributed by atoms with Crippen molar-refractivity contribution in [2.45, 2.75) is 0 Å². The van der Waals surface area contributed by atoms with Crippen molar-refractivity contribution in [3.05, 3.63) is 70.4 Å². The van der Waals surface area contributed by atoms with E-state index in [9.17, 15) is 9.90 Å². The molecule has 6 heteroatoms. The molecule has 0 fully saturated rings. The van der Waals surface area contributed by atoms with Gasteiger partial charge in [0, 0.05) is 35.0 Å². The van der Waals surface area contributed by atoms with Gasteiger partial charge in [-0.2, -0.15) is 5.10 Å². The lowest BCUT2D eigenvalue weighted by atomic mass is 10.1. The molecule has 0 radical (unpaired) electrons. The summed E-state index contributed by atoms with van der Waals surface area (Å²) in [5.74, 6) is 5.65. The van der Waals surface area contributed by atoms with E-state index in [4.69, 9.17) is 17.3 Å². The van der Waals surface area contributed by atoms with Crippen LogP contribution in [0, 0.1) is 11.8 Å². The third kappa shape index (κ3) is 3.65. The van der Waals surface area contributed by atoms with Crippen molar-refractivity contribution in [3.8, 4) is 28.8 Å². The van der Waals surface area contributed by atoms with E-state index in [1.54, 1.807) is 54.3 Å².